The maximum atomic E-state index is 14.3. The predicted molar refractivity (Wildman–Crippen MR) is 112 cm³/mol. The molecule has 30 heavy (non-hydrogen) atoms. The van der Waals surface area contributed by atoms with Crippen molar-refractivity contribution in [3.63, 3.8) is 0 Å². The Morgan fingerprint density at radius 2 is 1.60 bits per heavy atom. The van der Waals surface area contributed by atoms with Crippen molar-refractivity contribution in [3.05, 3.63) is 59.2 Å². The van der Waals surface area contributed by atoms with E-state index >= 15 is 0 Å². The van der Waals surface area contributed by atoms with Crippen molar-refractivity contribution in [2.75, 3.05) is 19.8 Å². The molecule has 5 heteroatoms. The van der Waals surface area contributed by atoms with Gasteiger partial charge in [0.1, 0.15) is 0 Å². The molecular weight excluding hydrogens is 386 g/mol. The van der Waals surface area contributed by atoms with Gasteiger partial charge in [0, 0.05) is 17.4 Å². The van der Waals surface area contributed by atoms with Crippen molar-refractivity contribution in [3.8, 4) is 11.1 Å². The lowest BCUT2D eigenvalue weighted by Crippen LogP contribution is -2.41. The SMILES string of the molecule is CCCC1CCC(C2OCC(c3ccc(-c4ccc(C)c(F)c4F)cc3)CO2)CO1. The molecule has 3 nitrogen and oxygen atoms in total. The summed E-state index contributed by atoms with van der Waals surface area (Å²) in [5.74, 6) is -1.16. The Hall–Kier alpha value is -1.82. The first-order valence-electron chi connectivity index (χ1n) is 11.0. The lowest BCUT2D eigenvalue weighted by atomic mass is 9.94. The van der Waals surface area contributed by atoms with Crippen molar-refractivity contribution in [2.24, 2.45) is 5.92 Å². The highest BCUT2D eigenvalue weighted by molar-refractivity contribution is 5.65. The highest BCUT2D eigenvalue weighted by Crippen LogP contribution is 2.32. The van der Waals surface area contributed by atoms with Crippen LogP contribution in [0.3, 0.4) is 0 Å². The van der Waals surface area contributed by atoms with E-state index in [0.29, 0.717) is 43.0 Å². The fourth-order valence-corrected chi connectivity index (χ4v) is 4.38. The van der Waals surface area contributed by atoms with Gasteiger partial charge in [-0.3, -0.25) is 0 Å². The molecule has 0 amide bonds. The van der Waals surface area contributed by atoms with Crippen molar-refractivity contribution in [1.82, 2.24) is 0 Å². The zero-order valence-corrected chi connectivity index (χ0v) is 17.7. The summed E-state index contributed by atoms with van der Waals surface area (Å²) in [6.07, 6.45) is 4.60. The third-order valence-electron chi connectivity index (χ3n) is 6.29. The molecule has 2 unspecified atom stereocenters. The summed E-state index contributed by atoms with van der Waals surface area (Å²) >= 11 is 0. The smallest absolute Gasteiger partial charge is 0.166 e. The molecule has 2 saturated heterocycles. The van der Waals surface area contributed by atoms with Crippen LogP contribution >= 0.6 is 0 Å². The molecular formula is C25H30F2O3. The van der Waals surface area contributed by atoms with Gasteiger partial charge in [0.25, 0.3) is 0 Å². The summed E-state index contributed by atoms with van der Waals surface area (Å²) in [7, 11) is 0. The Bertz CT molecular complexity index is 836. The Morgan fingerprint density at radius 3 is 2.23 bits per heavy atom. The zero-order chi connectivity index (χ0) is 21.1. The van der Waals surface area contributed by atoms with Gasteiger partial charge in [-0.15, -0.1) is 0 Å². The van der Waals surface area contributed by atoms with Gasteiger partial charge >= 0.3 is 0 Å². The molecule has 2 heterocycles. The second kappa shape index (κ2) is 9.54. The lowest BCUT2D eigenvalue weighted by molar-refractivity contribution is -0.231. The van der Waals surface area contributed by atoms with Crippen LogP contribution in [0.2, 0.25) is 0 Å². The average molecular weight is 417 g/mol. The third kappa shape index (κ3) is 4.58. The van der Waals surface area contributed by atoms with Crippen LogP contribution in [0, 0.1) is 24.5 Å². The molecule has 0 saturated carbocycles. The summed E-state index contributed by atoms with van der Waals surface area (Å²) in [5.41, 5.74) is 2.32. The minimum atomic E-state index is -0.800. The molecule has 0 bridgehead atoms. The summed E-state index contributed by atoms with van der Waals surface area (Å²) < 4.78 is 46.2. The fraction of sp³-hybridized carbons (Fsp3) is 0.520. The molecule has 4 rings (SSSR count). The monoisotopic (exact) mass is 416 g/mol. The molecule has 162 valence electrons. The van der Waals surface area contributed by atoms with Crippen LogP contribution in [0.5, 0.6) is 0 Å². The normalized spacial score (nSPS) is 27.2. The number of hydrogen-bond donors (Lipinski definition) is 0. The van der Waals surface area contributed by atoms with E-state index in [4.69, 9.17) is 14.2 Å². The van der Waals surface area contributed by atoms with Crippen LogP contribution in [0.25, 0.3) is 11.1 Å². The van der Waals surface area contributed by atoms with Crippen molar-refractivity contribution in [1.29, 1.82) is 0 Å². The largest absolute Gasteiger partial charge is 0.378 e. The molecule has 0 spiro atoms. The third-order valence-corrected chi connectivity index (χ3v) is 6.29. The maximum absolute atomic E-state index is 14.3. The summed E-state index contributed by atoms with van der Waals surface area (Å²) in [6.45, 7) is 5.63. The second-order valence-corrected chi connectivity index (χ2v) is 8.49. The number of hydrogen-bond acceptors (Lipinski definition) is 3. The Balaban J connectivity index is 1.34. The van der Waals surface area contributed by atoms with Crippen molar-refractivity contribution < 1.29 is 23.0 Å². The molecule has 0 aliphatic carbocycles. The number of aryl methyl sites for hydroxylation is 1. The Morgan fingerprint density at radius 1 is 0.867 bits per heavy atom. The standard InChI is InChI=1S/C25H30F2O3/c1-3-4-21-11-10-19(13-28-21)25-29-14-20(15-30-25)17-6-8-18(9-7-17)22-12-5-16(2)23(26)24(22)27/h5-9,12,19-21,25H,3-4,10-11,13-15H2,1-2H3. The molecule has 0 aromatic heterocycles. The van der Waals surface area contributed by atoms with Crippen LogP contribution in [0.4, 0.5) is 8.78 Å². The van der Waals surface area contributed by atoms with E-state index in [1.807, 2.05) is 24.3 Å². The van der Waals surface area contributed by atoms with Gasteiger partial charge in [0.05, 0.1) is 25.9 Å². The molecule has 2 atom stereocenters. The van der Waals surface area contributed by atoms with Crippen molar-refractivity contribution >= 4 is 0 Å². The van der Waals surface area contributed by atoms with Crippen molar-refractivity contribution in [2.45, 2.75) is 57.8 Å². The van der Waals surface area contributed by atoms with E-state index in [1.54, 1.807) is 19.1 Å². The van der Waals surface area contributed by atoms with Gasteiger partial charge in [0.2, 0.25) is 0 Å². The minimum absolute atomic E-state index is 0.132. The fourth-order valence-electron chi connectivity index (χ4n) is 4.38. The quantitative estimate of drug-likeness (QED) is 0.599. The van der Waals surface area contributed by atoms with Crippen LogP contribution < -0.4 is 0 Å². The van der Waals surface area contributed by atoms with Crippen LogP contribution in [-0.4, -0.2) is 32.2 Å². The van der Waals surface area contributed by atoms with Crippen LogP contribution in [0.1, 0.15) is 49.7 Å². The molecule has 2 aromatic rings. The first-order valence-corrected chi connectivity index (χ1v) is 11.0. The van der Waals surface area contributed by atoms with E-state index in [0.717, 1.165) is 31.2 Å². The van der Waals surface area contributed by atoms with Gasteiger partial charge in [-0.2, -0.15) is 0 Å². The topological polar surface area (TPSA) is 27.7 Å². The van der Waals surface area contributed by atoms with E-state index < -0.39 is 11.6 Å². The maximum Gasteiger partial charge on any atom is 0.166 e. The van der Waals surface area contributed by atoms with Crippen LogP contribution in [-0.2, 0) is 14.2 Å². The molecule has 2 fully saturated rings. The number of ether oxygens (including phenoxy) is 3. The van der Waals surface area contributed by atoms with Gasteiger partial charge < -0.3 is 14.2 Å². The van der Waals surface area contributed by atoms with E-state index in [-0.39, 0.29) is 17.8 Å². The molecule has 2 aromatic carbocycles. The summed E-state index contributed by atoms with van der Waals surface area (Å²) in [6, 6.07) is 10.8. The van der Waals surface area contributed by atoms with Crippen LogP contribution in [0.15, 0.2) is 36.4 Å². The molecule has 0 N–H and O–H groups in total. The molecule has 2 aliphatic heterocycles. The first kappa shape index (κ1) is 21.4. The zero-order valence-electron chi connectivity index (χ0n) is 17.7. The lowest BCUT2D eigenvalue weighted by Gasteiger charge is -2.37. The summed E-state index contributed by atoms with van der Waals surface area (Å²) in [5, 5.41) is 0. The Labute approximate surface area is 177 Å². The minimum Gasteiger partial charge on any atom is -0.378 e. The second-order valence-electron chi connectivity index (χ2n) is 8.49. The highest BCUT2D eigenvalue weighted by Gasteiger charge is 2.33. The van der Waals surface area contributed by atoms with Gasteiger partial charge in [-0.25, -0.2) is 8.78 Å². The molecule has 0 radical (unpaired) electrons. The molecule has 2 aliphatic rings. The van der Waals surface area contributed by atoms with E-state index in [1.165, 1.54) is 0 Å². The predicted octanol–water partition coefficient (Wildman–Crippen LogP) is 5.99. The van der Waals surface area contributed by atoms with Gasteiger partial charge in [-0.05, 0) is 42.9 Å². The first-order chi connectivity index (χ1) is 14.6. The van der Waals surface area contributed by atoms with E-state index in [9.17, 15) is 8.78 Å². The van der Waals surface area contributed by atoms with Gasteiger partial charge in [-0.1, -0.05) is 49.7 Å². The average Bonchev–Trinajstić information content (AvgIpc) is 2.79. The number of benzene rings is 2. The van der Waals surface area contributed by atoms with E-state index in [2.05, 4.69) is 6.92 Å². The summed E-state index contributed by atoms with van der Waals surface area (Å²) in [4.78, 5) is 0. The number of rotatable bonds is 5. The van der Waals surface area contributed by atoms with Gasteiger partial charge in [0.15, 0.2) is 17.9 Å². The Kier molecular flexibility index (Phi) is 6.81. The highest BCUT2D eigenvalue weighted by atomic mass is 19.2. The number of halogens is 2.